The van der Waals surface area contributed by atoms with E-state index >= 15 is 0 Å². The zero-order valence-electron chi connectivity index (χ0n) is 13.7. The highest BCUT2D eigenvalue weighted by molar-refractivity contribution is 6.30. The van der Waals surface area contributed by atoms with Gasteiger partial charge in [-0.15, -0.1) is 0 Å². The first-order chi connectivity index (χ1) is 12.7. The van der Waals surface area contributed by atoms with Gasteiger partial charge in [0.25, 0.3) is 5.89 Å². The van der Waals surface area contributed by atoms with Gasteiger partial charge in [-0.2, -0.15) is 4.98 Å². The van der Waals surface area contributed by atoms with Crippen LogP contribution in [0.3, 0.4) is 0 Å². The maximum Gasteiger partial charge on any atom is 0.258 e. The Morgan fingerprint density at radius 1 is 1.12 bits per heavy atom. The highest BCUT2D eigenvalue weighted by atomic mass is 35.5. The predicted octanol–water partition coefficient (Wildman–Crippen LogP) is 4.21. The summed E-state index contributed by atoms with van der Waals surface area (Å²) in [5.74, 6) is 1.61. The van der Waals surface area contributed by atoms with Crippen LogP contribution in [-0.2, 0) is 4.74 Å². The molecule has 1 aliphatic carbocycles. The van der Waals surface area contributed by atoms with Crippen LogP contribution in [0, 0.1) is 0 Å². The molecule has 1 spiro atoms. The largest absolute Gasteiger partial charge is 0.468 e. The van der Waals surface area contributed by atoms with E-state index in [1.54, 1.807) is 18.3 Å². The lowest BCUT2D eigenvalue weighted by Crippen LogP contribution is -2.50. The number of benzene rings is 1. The van der Waals surface area contributed by atoms with Crippen LogP contribution >= 0.6 is 11.6 Å². The smallest absolute Gasteiger partial charge is 0.258 e. The van der Waals surface area contributed by atoms with Gasteiger partial charge >= 0.3 is 0 Å². The fourth-order valence-electron chi connectivity index (χ4n) is 3.84. The summed E-state index contributed by atoms with van der Waals surface area (Å²) < 4.78 is 17.5. The second-order valence-corrected chi connectivity index (χ2v) is 7.48. The molecule has 6 rings (SSSR count). The molecule has 0 unspecified atom stereocenters. The molecule has 0 amide bonds. The molecule has 0 N–H and O–H groups in total. The summed E-state index contributed by atoms with van der Waals surface area (Å²) >= 11 is 5.92. The van der Waals surface area contributed by atoms with E-state index in [1.807, 2.05) is 18.2 Å². The minimum Gasteiger partial charge on any atom is -0.468 e. The standard InChI is InChI=1S/C19H14ClN3O3/c20-12-4-2-10(3-5-12)17-22-16(23-26-17)11-8-13-14-15(24-14)19(6-1-7-19)25-18(13)21-9-11/h2-5,8-9,14-15H,1,6-7H2/t14-,15-/m0/s1. The van der Waals surface area contributed by atoms with Crippen molar-refractivity contribution in [1.82, 2.24) is 15.1 Å². The van der Waals surface area contributed by atoms with Gasteiger partial charge < -0.3 is 14.0 Å². The molecule has 130 valence electrons. The van der Waals surface area contributed by atoms with Crippen molar-refractivity contribution in [3.63, 3.8) is 0 Å². The van der Waals surface area contributed by atoms with Crippen LogP contribution in [-0.4, -0.2) is 26.8 Å². The maximum absolute atomic E-state index is 6.17. The van der Waals surface area contributed by atoms with Crippen molar-refractivity contribution in [2.75, 3.05) is 0 Å². The van der Waals surface area contributed by atoms with Gasteiger partial charge in [-0.05, 0) is 49.6 Å². The van der Waals surface area contributed by atoms with Crippen molar-refractivity contribution < 1.29 is 14.0 Å². The predicted molar refractivity (Wildman–Crippen MR) is 92.8 cm³/mol. The topological polar surface area (TPSA) is 73.6 Å². The summed E-state index contributed by atoms with van der Waals surface area (Å²) in [6.07, 6.45) is 5.25. The molecule has 7 heteroatoms. The van der Waals surface area contributed by atoms with Crippen LogP contribution in [0.15, 0.2) is 41.1 Å². The monoisotopic (exact) mass is 367 g/mol. The van der Waals surface area contributed by atoms with E-state index in [4.69, 9.17) is 25.6 Å². The van der Waals surface area contributed by atoms with Gasteiger partial charge in [0.1, 0.15) is 17.8 Å². The van der Waals surface area contributed by atoms with Gasteiger partial charge in [0.2, 0.25) is 11.7 Å². The fraction of sp³-hybridized carbons (Fsp3) is 0.316. The molecule has 1 saturated heterocycles. The molecule has 1 saturated carbocycles. The van der Waals surface area contributed by atoms with Gasteiger partial charge in [-0.1, -0.05) is 16.8 Å². The molecule has 3 aromatic rings. The number of fused-ring (bicyclic) bond motifs is 4. The lowest BCUT2D eigenvalue weighted by molar-refractivity contribution is -0.0370. The first kappa shape index (κ1) is 14.7. The molecule has 2 aliphatic heterocycles. The number of hydrogen-bond acceptors (Lipinski definition) is 6. The second-order valence-electron chi connectivity index (χ2n) is 7.05. The quantitative estimate of drug-likeness (QED) is 0.632. The number of halogens is 1. The average Bonchev–Trinajstić information content (AvgIpc) is 3.30. The van der Waals surface area contributed by atoms with Crippen molar-refractivity contribution in [3.8, 4) is 28.7 Å². The van der Waals surface area contributed by atoms with Crippen LogP contribution < -0.4 is 4.74 Å². The minimum absolute atomic E-state index is 0.0779. The van der Waals surface area contributed by atoms with Crippen LogP contribution in [0.1, 0.15) is 30.9 Å². The van der Waals surface area contributed by atoms with Gasteiger partial charge in [-0.25, -0.2) is 4.98 Å². The molecule has 6 nitrogen and oxygen atoms in total. The molecular formula is C19H14ClN3O3. The average molecular weight is 368 g/mol. The summed E-state index contributed by atoms with van der Waals surface area (Å²) in [4.78, 5) is 8.98. The van der Waals surface area contributed by atoms with E-state index < -0.39 is 0 Å². The number of pyridine rings is 1. The van der Waals surface area contributed by atoms with E-state index in [1.165, 1.54) is 6.42 Å². The summed E-state index contributed by atoms with van der Waals surface area (Å²) in [7, 11) is 0. The highest BCUT2D eigenvalue weighted by Gasteiger charge is 2.64. The van der Waals surface area contributed by atoms with E-state index in [2.05, 4.69) is 15.1 Å². The van der Waals surface area contributed by atoms with Crippen LogP contribution in [0.4, 0.5) is 0 Å². The number of hydrogen-bond donors (Lipinski definition) is 0. The number of rotatable bonds is 2. The Kier molecular flexibility index (Phi) is 2.86. The summed E-state index contributed by atoms with van der Waals surface area (Å²) in [6, 6.07) is 9.27. The van der Waals surface area contributed by atoms with Crippen molar-refractivity contribution in [2.45, 2.75) is 37.1 Å². The van der Waals surface area contributed by atoms with Gasteiger partial charge in [0.15, 0.2) is 0 Å². The van der Waals surface area contributed by atoms with Gasteiger partial charge in [0.05, 0.1) is 0 Å². The number of nitrogens with zero attached hydrogens (tertiary/aromatic N) is 3. The number of ether oxygens (including phenoxy) is 2. The van der Waals surface area contributed by atoms with Crippen molar-refractivity contribution in [1.29, 1.82) is 0 Å². The van der Waals surface area contributed by atoms with Crippen molar-refractivity contribution in [2.24, 2.45) is 0 Å². The Morgan fingerprint density at radius 2 is 1.96 bits per heavy atom. The first-order valence-electron chi connectivity index (χ1n) is 8.66. The maximum atomic E-state index is 6.17. The molecule has 2 aromatic heterocycles. The molecule has 0 bridgehead atoms. The first-order valence-corrected chi connectivity index (χ1v) is 9.04. The molecule has 3 aliphatic rings. The number of epoxide rings is 1. The van der Waals surface area contributed by atoms with Crippen LogP contribution in [0.25, 0.3) is 22.8 Å². The lowest BCUT2D eigenvalue weighted by atomic mass is 9.74. The van der Waals surface area contributed by atoms with Gasteiger partial charge in [-0.3, -0.25) is 0 Å². The molecule has 1 aromatic carbocycles. The molecular weight excluding hydrogens is 354 g/mol. The molecule has 26 heavy (non-hydrogen) atoms. The fourth-order valence-corrected chi connectivity index (χ4v) is 3.97. The third-order valence-electron chi connectivity index (χ3n) is 5.47. The SMILES string of the molecule is Clc1ccc(-c2nc(-c3cnc4c(c3)[C@@H]3O[C@@H]3C3(CCC3)O4)no2)cc1. The van der Waals surface area contributed by atoms with E-state index in [0.717, 1.165) is 29.5 Å². The molecule has 2 atom stereocenters. The van der Waals surface area contributed by atoms with E-state index in [-0.39, 0.29) is 17.8 Å². The Balaban J connectivity index is 1.34. The third-order valence-corrected chi connectivity index (χ3v) is 5.72. The summed E-state index contributed by atoms with van der Waals surface area (Å²) in [6.45, 7) is 0. The summed E-state index contributed by atoms with van der Waals surface area (Å²) in [5, 5.41) is 4.75. The molecule has 0 radical (unpaired) electrons. The van der Waals surface area contributed by atoms with E-state index in [9.17, 15) is 0 Å². The third kappa shape index (κ3) is 2.06. The zero-order valence-corrected chi connectivity index (χ0v) is 14.4. The lowest BCUT2D eigenvalue weighted by Gasteiger charge is -2.42. The van der Waals surface area contributed by atoms with E-state index in [0.29, 0.717) is 22.6 Å². The normalized spacial score (nSPS) is 24.3. The Morgan fingerprint density at radius 3 is 2.73 bits per heavy atom. The van der Waals surface area contributed by atoms with Crippen molar-refractivity contribution >= 4 is 11.6 Å². The Hall–Kier alpha value is -2.44. The Bertz CT molecular complexity index is 1010. The summed E-state index contributed by atoms with van der Waals surface area (Å²) in [5.41, 5.74) is 2.44. The molecule has 2 fully saturated rings. The van der Waals surface area contributed by atoms with Gasteiger partial charge in [0, 0.05) is 27.9 Å². The minimum atomic E-state index is -0.139. The van der Waals surface area contributed by atoms with Crippen molar-refractivity contribution in [3.05, 3.63) is 47.1 Å². The zero-order chi connectivity index (χ0) is 17.3. The number of aromatic nitrogens is 3. The molecule has 4 heterocycles. The van der Waals surface area contributed by atoms with Crippen LogP contribution in [0.2, 0.25) is 5.02 Å². The highest BCUT2D eigenvalue weighted by Crippen LogP contribution is 2.59. The Labute approximate surface area is 154 Å². The van der Waals surface area contributed by atoms with Crippen LogP contribution in [0.5, 0.6) is 5.88 Å². The second kappa shape index (κ2) is 5.05.